The monoisotopic (exact) mass is 228 g/mol. The van der Waals surface area contributed by atoms with Gasteiger partial charge in [0.2, 0.25) is 0 Å². The average Bonchev–Trinajstić information content (AvgIpc) is 2.37. The number of rotatable bonds is 7. The molecule has 0 unspecified atom stereocenters. The third-order valence-electron chi connectivity index (χ3n) is 1.51. The molecule has 0 spiro atoms. The second-order valence-electron chi connectivity index (χ2n) is 2.83. The van der Waals surface area contributed by atoms with E-state index in [1.807, 2.05) is 36.4 Å². The van der Waals surface area contributed by atoms with Crippen LogP contribution in [0.1, 0.15) is 0 Å². The van der Waals surface area contributed by atoms with Crippen LogP contribution in [0.15, 0.2) is 36.4 Å². The van der Waals surface area contributed by atoms with Gasteiger partial charge in [-0.05, 0) is 0 Å². The van der Waals surface area contributed by atoms with E-state index < -0.39 is 0 Å². The number of aliphatic hydroxyl groups is 2. The summed E-state index contributed by atoms with van der Waals surface area (Å²) in [5, 5.41) is 16.5. The van der Waals surface area contributed by atoms with Crippen molar-refractivity contribution in [1.29, 1.82) is 0 Å². The van der Waals surface area contributed by atoms with Gasteiger partial charge in [0.1, 0.15) is 0 Å². The van der Waals surface area contributed by atoms with Gasteiger partial charge in [0.15, 0.2) is 0 Å². The number of hydrogen-bond acceptors (Lipinski definition) is 4. The van der Waals surface area contributed by atoms with Crippen LogP contribution in [0.4, 0.5) is 0 Å². The van der Waals surface area contributed by atoms with Crippen LogP contribution < -0.4 is 0 Å². The van der Waals surface area contributed by atoms with Crippen molar-refractivity contribution in [3.8, 4) is 0 Å². The van der Waals surface area contributed by atoms with E-state index in [-0.39, 0.29) is 13.2 Å². The van der Waals surface area contributed by atoms with Gasteiger partial charge in [-0.15, -0.1) is 0 Å². The summed E-state index contributed by atoms with van der Waals surface area (Å²) in [5.41, 5.74) is 0. The molecule has 16 heavy (non-hydrogen) atoms. The molecule has 0 amide bonds. The van der Waals surface area contributed by atoms with Crippen LogP contribution in [-0.4, -0.2) is 49.9 Å². The van der Waals surface area contributed by atoms with Gasteiger partial charge in [-0.25, -0.2) is 0 Å². The van der Waals surface area contributed by atoms with Gasteiger partial charge in [-0.2, -0.15) is 0 Å². The summed E-state index contributed by atoms with van der Waals surface area (Å²) in [7, 11) is 0. The molecule has 1 aromatic carbocycles. The van der Waals surface area contributed by atoms with Gasteiger partial charge < -0.3 is 19.7 Å². The van der Waals surface area contributed by atoms with Crippen LogP contribution in [0, 0.1) is 0 Å². The third-order valence-corrected chi connectivity index (χ3v) is 1.51. The quantitative estimate of drug-likeness (QED) is 0.674. The first-order chi connectivity index (χ1) is 7.91. The van der Waals surface area contributed by atoms with Crippen LogP contribution in [0.2, 0.25) is 0 Å². The molecule has 2 N–H and O–H groups in total. The van der Waals surface area contributed by atoms with Crippen LogP contribution in [0.25, 0.3) is 0 Å². The first-order valence-corrected chi connectivity index (χ1v) is 5.29. The lowest BCUT2D eigenvalue weighted by Crippen LogP contribution is -2.09. The SMILES string of the molecule is OCCOCCOCCO.c1ccccc1. The van der Waals surface area contributed by atoms with Gasteiger partial charge in [-0.3, -0.25) is 0 Å². The van der Waals surface area contributed by atoms with Crippen molar-refractivity contribution in [2.24, 2.45) is 0 Å². The third kappa shape index (κ3) is 13.1. The van der Waals surface area contributed by atoms with Crippen LogP contribution in [-0.2, 0) is 9.47 Å². The molecule has 0 saturated carbocycles. The summed E-state index contributed by atoms with van der Waals surface area (Å²) >= 11 is 0. The molecule has 1 aromatic rings. The highest BCUT2D eigenvalue weighted by atomic mass is 16.5. The Balaban J connectivity index is 0.000000315. The summed E-state index contributed by atoms with van der Waals surface area (Å²) in [6.07, 6.45) is 0. The topological polar surface area (TPSA) is 58.9 Å². The van der Waals surface area contributed by atoms with Crippen molar-refractivity contribution >= 4 is 0 Å². The smallest absolute Gasteiger partial charge is 0.0701 e. The maximum Gasteiger partial charge on any atom is 0.0701 e. The minimum absolute atomic E-state index is 0.0417. The lowest BCUT2D eigenvalue weighted by Gasteiger charge is -2.01. The Morgan fingerprint density at radius 1 is 0.562 bits per heavy atom. The van der Waals surface area contributed by atoms with E-state index in [1.165, 1.54) is 0 Å². The van der Waals surface area contributed by atoms with Crippen molar-refractivity contribution in [3.63, 3.8) is 0 Å². The molecule has 0 saturated heterocycles. The Kier molecular flexibility index (Phi) is 13.2. The Labute approximate surface area is 96.4 Å². The van der Waals surface area contributed by atoms with Gasteiger partial charge in [-0.1, -0.05) is 36.4 Å². The van der Waals surface area contributed by atoms with Crippen LogP contribution >= 0.6 is 0 Å². The minimum Gasteiger partial charge on any atom is -0.394 e. The van der Waals surface area contributed by atoms with E-state index in [0.29, 0.717) is 26.4 Å². The van der Waals surface area contributed by atoms with Crippen molar-refractivity contribution in [2.75, 3.05) is 39.6 Å². The second-order valence-corrected chi connectivity index (χ2v) is 2.83. The average molecular weight is 228 g/mol. The first kappa shape index (κ1) is 15.1. The van der Waals surface area contributed by atoms with E-state index in [2.05, 4.69) is 0 Å². The minimum atomic E-state index is 0.0417. The molecular weight excluding hydrogens is 208 g/mol. The molecule has 0 atom stereocenters. The predicted octanol–water partition coefficient (Wildman–Crippen LogP) is 0.691. The molecule has 0 aliphatic rings. The van der Waals surface area contributed by atoms with Crippen LogP contribution in [0.5, 0.6) is 0 Å². The standard InChI is InChI=1S/C6H14O4.C6H6/c7-1-3-9-5-6-10-4-2-8;1-2-4-6-5-3-1/h7-8H,1-6H2;1-6H. The molecule has 0 radical (unpaired) electrons. The van der Waals surface area contributed by atoms with Crippen molar-refractivity contribution in [1.82, 2.24) is 0 Å². The summed E-state index contributed by atoms with van der Waals surface area (Å²) < 4.78 is 9.75. The molecule has 0 aliphatic heterocycles. The zero-order valence-electron chi connectivity index (χ0n) is 9.42. The zero-order chi connectivity index (χ0) is 11.9. The molecule has 0 fully saturated rings. The highest BCUT2D eigenvalue weighted by Gasteiger charge is 1.86. The summed E-state index contributed by atoms with van der Waals surface area (Å²) in [6.45, 7) is 1.73. The van der Waals surface area contributed by atoms with E-state index in [4.69, 9.17) is 19.7 Å². The number of ether oxygens (including phenoxy) is 2. The van der Waals surface area contributed by atoms with Gasteiger partial charge >= 0.3 is 0 Å². The van der Waals surface area contributed by atoms with Crippen LogP contribution in [0.3, 0.4) is 0 Å². The highest BCUT2D eigenvalue weighted by molar-refractivity contribution is 4.99. The number of benzene rings is 1. The van der Waals surface area contributed by atoms with Crippen molar-refractivity contribution in [3.05, 3.63) is 36.4 Å². The molecule has 92 valence electrons. The number of hydrogen-bond donors (Lipinski definition) is 2. The number of aliphatic hydroxyl groups excluding tert-OH is 2. The van der Waals surface area contributed by atoms with Crippen molar-refractivity contribution in [2.45, 2.75) is 0 Å². The molecule has 0 aliphatic carbocycles. The largest absolute Gasteiger partial charge is 0.394 e. The van der Waals surface area contributed by atoms with E-state index in [1.54, 1.807) is 0 Å². The summed E-state index contributed by atoms with van der Waals surface area (Å²) in [6, 6.07) is 12.0. The zero-order valence-corrected chi connectivity index (χ0v) is 9.42. The fraction of sp³-hybridized carbons (Fsp3) is 0.500. The molecule has 0 bridgehead atoms. The van der Waals surface area contributed by atoms with Crippen molar-refractivity contribution < 1.29 is 19.7 Å². The Morgan fingerprint density at radius 3 is 1.12 bits per heavy atom. The maximum absolute atomic E-state index is 8.26. The fourth-order valence-electron chi connectivity index (χ4n) is 0.836. The Bertz CT molecular complexity index is 169. The molecule has 0 heterocycles. The lowest BCUT2D eigenvalue weighted by molar-refractivity contribution is 0.0222. The molecule has 0 aromatic heterocycles. The van der Waals surface area contributed by atoms with E-state index in [9.17, 15) is 0 Å². The molecular formula is C12H20O4. The summed E-state index contributed by atoms with van der Waals surface area (Å²) in [5.74, 6) is 0. The molecule has 1 rings (SSSR count). The maximum atomic E-state index is 8.26. The molecule has 4 heteroatoms. The fourth-order valence-corrected chi connectivity index (χ4v) is 0.836. The molecule has 4 nitrogen and oxygen atoms in total. The lowest BCUT2D eigenvalue weighted by atomic mass is 10.4. The summed E-state index contributed by atoms with van der Waals surface area (Å²) in [4.78, 5) is 0. The first-order valence-electron chi connectivity index (χ1n) is 5.29. The van der Waals surface area contributed by atoms with Gasteiger partial charge in [0, 0.05) is 0 Å². The van der Waals surface area contributed by atoms with Gasteiger partial charge in [0.25, 0.3) is 0 Å². The predicted molar refractivity (Wildman–Crippen MR) is 62.3 cm³/mol. The second kappa shape index (κ2) is 14.1. The van der Waals surface area contributed by atoms with E-state index >= 15 is 0 Å². The normalized spacial score (nSPS) is 9.38. The van der Waals surface area contributed by atoms with E-state index in [0.717, 1.165) is 0 Å². The van der Waals surface area contributed by atoms with Gasteiger partial charge in [0.05, 0.1) is 39.6 Å². The Hall–Kier alpha value is -0.940. The highest BCUT2D eigenvalue weighted by Crippen LogP contribution is 1.80. The Morgan fingerprint density at radius 2 is 0.875 bits per heavy atom.